The van der Waals surface area contributed by atoms with Crippen LogP contribution < -0.4 is 0 Å². The van der Waals surface area contributed by atoms with Gasteiger partial charge in [0, 0.05) is 12.0 Å². The van der Waals surface area contributed by atoms with Crippen molar-refractivity contribution in [1.82, 2.24) is 4.90 Å². The third-order valence-corrected chi connectivity index (χ3v) is 3.37. The van der Waals surface area contributed by atoms with E-state index in [1.807, 2.05) is 0 Å². The molecule has 1 rings (SSSR count). The van der Waals surface area contributed by atoms with Crippen LogP contribution >= 0.6 is 0 Å². The van der Waals surface area contributed by atoms with E-state index in [-0.39, 0.29) is 0 Å². The molecule has 0 aliphatic heterocycles. The maximum absolute atomic E-state index is 8.98. The highest BCUT2D eigenvalue weighted by Crippen LogP contribution is 2.27. The SMILES string of the molecule is CCCN(CCC)C1CCCC(C#N)C1. The van der Waals surface area contributed by atoms with Crippen LogP contribution in [0.3, 0.4) is 0 Å². The molecule has 2 atom stereocenters. The summed E-state index contributed by atoms with van der Waals surface area (Å²) in [6.07, 6.45) is 7.24. The maximum Gasteiger partial charge on any atom is 0.0656 e. The Hall–Kier alpha value is -0.550. The maximum atomic E-state index is 8.98. The van der Waals surface area contributed by atoms with E-state index in [2.05, 4.69) is 24.8 Å². The van der Waals surface area contributed by atoms with Gasteiger partial charge in [0.25, 0.3) is 0 Å². The average Bonchev–Trinajstić information content (AvgIpc) is 2.29. The second-order valence-corrected chi connectivity index (χ2v) is 4.68. The van der Waals surface area contributed by atoms with Crippen LogP contribution in [-0.4, -0.2) is 24.0 Å². The lowest BCUT2D eigenvalue weighted by molar-refractivity contribution is 0.142. The van der Waals surface area contributed by atoms with E-state index in [0.717, 1.165) is 12.8 Å². The van der Waals surface area contributed by atoms with Crippen molar-refractivity contribution in [2.24, 2.45) is 5.92 Å². The van der Waals surface area contributed by atoms with Crippen LogP contribution in [-0.2, 0) is 0 Å². The minimum Gasteiger partial charge on any atom is -0.300 e. The van der Waals surface area contributed by atoms with Gasteiger partial charge in [-0.1, -0.05) is 20.3 Å². The van der Waals surface area contributed by atoms with Crippen molar-refractivity contribution < 1.29 is 0 Å². The lowest BCUT2D eigenvalue weighted by Gasteiger charge is -2.35. The fraction of sp³-hybridized carbons (Fsp3) is 0.923. The van der Waals surface area contributed by atoms with E-state index >= 15 is 0 Å². The predicted molar refractivity (Wildman–Crippen MR) is 63.5 cm³/mol. The topological polar surface area (TPSA) is 27.0 Å². The van der Waals surface area contributed by atoms with E-state index in [1.165, 1.54) is 38.8 Å². The number of nitriles is 1. The van der Waals surface area contributed by atoms with Gasteiger partial charge in [-0.3, -0.25) is 0 Å². The van der Waals surface area contributed by atoms with Crippen molar-refractivity contribution in [1.29, 1.82) is 5.26 Å². The van der Waals surface area contributed by atoms with Gasteiger partial charge in [0.2, 0.25) is 0 Å². The van der Waals surface area contributed by atoms with E-state index in [0.29, 0.717) is 12.0 Å². The summed E-state index contributed by atoms with van der Waals surface area (Å²) < 4.78 is 0. The lowest BCUT2D eigenvalue weighted by Crippen LogP contribution is -2.39. The zero-order valence-electron chi connectivity index (χ0n) is 10.2. The van der Waals surface area contributed by atoms with Gasteiger partial charge >= 0.3 is 0 Å². The number of hydrogen-bond donors (Lipinski definition) is 0. The molecular weight excluding hydrogens is 184 g/mol. The molecule has 2 heteroatoms. The Bertz CT molecular complexity index is 201. The molecular formula is C13H24N2. The Labute approximate surface area is 94.3 Å². The second kappa shape index (κ2) is 6.85. The van der Waals surface area contributed by atoms with Crippen molar-refractivity contribution in [2.75, 3.05) is 13.1 Å². The van der Waals surface area contributed by atoms with Crippen LogP contribution in [0.15, 0.2) is 0 Å². The molecule has 0 heterocycles. The van der Waals surface area contributed by atoms with Crippen molar-refractivity contribution in [3.05, 3.63) is 0 Å². The van der Waals surface area contributed by atoms with Crippen LogP contribution in [0.2, 0.25) is 0 Å². The minimum absolute atomic E-state index is 0.319. The van der Waals surface area contributed by atoms with Crippen LogP contribution in [0.4, 0.5) is 0 Å². The standard InChI is InChI=1S/C13H24N2/c1-3-8-15(9-4-2)13-7-5-6-12(10-13)11-14/h12-13H,3-10H2,1-2H3. The molecule has 1 aliphatic rings. The first-order valence-electron chi connectivity index (χ1n) is 6.45. The normalized spacial score (nSPS) is 26.5. The third-order valence-electron chi connectivity index (χ3n) is 3.37. The summed E-state index contributed by atoms with van der Waals surface area (Å²) in [5.74, 6) is 0.319. The zero-order valence-corrected chi connectivity index (χ0v) is 10.2. The van der Waals surface area contributed by atoms with E-state index < -0.39 is 0 Å². The molecule has 1 fully saturated rings. The quantitative estimate of drug-likeness (QED) is 0.694. The number of nitrogens with zero attached hydrogens (tertiary/aromatic N) is 2. The Morgan fingerprint density at radius 2 is 1.87 bits per heavy atom. The molecule has 0 aromatic carbocycles. The molecule has 0 spiro atoms. The molecule has 86 valence electrons. The van der Waals surface area contributed by atoms with Gasteiger partial charge in [0.15, 0.2) is 0 Å². The van der Waals surface area contributed by atoms with Crippen molar-refractivity contribution in [3.63, 3.8) is 0 Å². The summed E-state index contributed by atoms with van der Waals surface area (Å²) in [7, 11) is 0. The highest BCUT2D eigenvalue weighted by Gasteiger charge is 2.25. The zero-order chi connectivity index (χ0) is 11.1. The number of hydrogen-bond acceptors (Lipinski definition) is 2. The molecule has 0 aromatic rings. The molecule has 0 aromatic heterocycles. The molecule has 2 unspecified atom stereocenters. The van der Waals surface area contributed by atoms with Gasteiger partial charge < -0.3 is 4.90 Å². The molecule has 0 amide bonds. The predicted octanol–water partition coefficient (Wildman–Crippen LogP) is 3.19. The van der Waals surface area contributed by atoms with Gasteiger partial charge in [0.1, 0.15) is 0 Å². The third kappa shape index (κ3) is 3.83. The highest BCUT2D eigenvalue weighted by molar-refractivity contribution is 4.91. The largest absolute Gasteiger partial charge is 0.300 e. The average molecular weight is 208 g/mol. The molecule has 2 nitrogen and oxygen atoms in total. The Kier molecular flexibility index (Phi) is 5.71. The van der Waals surface area contributed by atoms with Crippen LogP contribution in [0.1, 0.15) is 52.4 Å². The molecule has 1 saturated carbocycles. The van der Waals surface area contributed by atoms with Gasteiger partial charge in [-0.2, -0.15) is 5.26 Å². The first kappa shape index (κ1) is 12.5. The molecule has 15 heavy (non-hydrogen) atoms. The summed E-state index contributed by atoms with van der Waals surface area (Å²) in [5.41, 5.74) is 0. The highest BCUT2D eigenvalue weighted by atomic mass is 15.1. The Balaban J connectivity index is 2.47. The first-order chi connectivity index (χ1) is 7.31. The van der Waals surface area contributed by atoms with Crippen molar-refractivity contribution >= 4 is 0 Å². The second-order valence-electron chi connectivity index (χ2n) is 4.68. The molecule has 0 N–H and O–H groups in total. The molecule has 1 aliphatic carbocycles. The number of rotatable bonds is 5. The van der Waals surface area contributed by atoms with Crippen molar-refractivity contribution in [2.45, 2.75) is 58.4 Å². The van der Waals surface area contributed by atoms with Crippen LogP contribution in [0.25, 0.3) is 0 Å². The monoisotopic (exact) mass is 208 g/mol. The van der Waals surface area contributed by atoms with Gasteiger partial charge in [-0.05, 0) is 45.2 Å². The van der Waals surface area contributed by atoms with Gasteiger partial charge in [-0.15, -0.1) is 0 Å². The summed E-state index contributed by atoms with van der Waals surface area (Å²) >= 11 is 0. The molecule has 0 radical (unpaired) electrons. The minimum atomic E-state index is 0.319. The molecule has 0 saturated heterocycles. The summed E-state index contributed by atoms with van der Waals surface area (Å²) in [4.78, 5) is 2.60. The smallest absolute Gasteiger partial charge is 0.0656 e. The summed E-state index contributed by atoms with van der Waals surface area (Å²) in [6.45, 7) is 6.90. The Morgan fingerprint density at radius 1 is 1.20 bits per heavy atom. The van der Waals surface area contributed by atoms with E-state index in [4.69, 9.17) is 5.26 Å². The van der Waals surface area contributed by atoms with Crippen molar-refractivity contribution in [3.8, 4) is 6.07 Å². The lowest BCUT2D eigenvalue weighted by atomic mass is 9.85. The fourth-order valence-electron chi connectivity index (χ4n) is 2.66. The van der Waals surface area contributed by atoms with Gasteiger partial charge in [-0.25, -0.2) is 0 Å². The van der Waals surface area contributed by atoms with E-state index in [1.54, 1.807) is 0 Å². The summed E-state index contributed by atoms with van der Waals surface area (Å²) in [5, 5.41) is 8.98. The Morgan fingerprint density at radius 3 is 2.40 bits per heavy atom. The van der Waals surface area contributed by atoms with E-state index in [9.17, 15) is 0 Å². The van der Waals surface area contributed by atoms with Crippen LogP contribution in [0, 0.1) is 17.2 Å². The summed E-state index contributed by atoms with van der Waals surface area (Å²) in [6, 6.07) is 3.13. The van der Waals surface area contributed by atoms with Crippen LogP contribution in [0.5, 0.6) is 0 Å². The fourth-order valence-corrected chi connectivity index (χ4v) is 2.66. The first-order valence-corrected chi connectivity index (χ1v) is 6.45. The van der Waals surface area contributed by atoms with Gasteiger partial charge in [0.05, 0.1) is 6.07 Å². The molecule has 0 bridgehead atoms.